The average molecular weight is 398 g/mol. The molecule has 0 radical (unpaired) electrons. The molecule has 0 unspecified atom stereocenters. The van der Waals surface area contributed by atoms with Gasteiger partial charge in [-0.1, -0.05) is 13.8 Å². The number of carboxylic acids is 2. The summed E-state index contributed by atoms with van der Waals surface area (Å²) in [5.74, 6) is -1.81. The van der Waals surface area contributed by atoms with Crippen LogP contribution < -0.4 is 0 Å². The maximum atomic E-state index is 10.8. The van der Waals surface area contributed by atoms with Gasteiger partial charge in [0.15, 0.2) is 6.29 Å². The van der Waals surface area contributed by atoms with Crippen molar-refractivity contribution in [2.24, 2.45) is 0 Å². The Hall–Kier alpha value is -2.03. The number of rotatable bonds is 7. The first-order chi connectivity index (χ1) is 12.2. The van der Waals surface area contributed by atoms with Gasteiger partial charge < -0.3 is 10.2 Å². The standard InChI is InChI=1S/C11H17NO2S.C7H6O3S/c1-4-12(5-2)7-10-8(3)6-9(15-10)11(13)14;1-4-2-5(7(9)10)11-6(4)3-8/h6H,4-5,7H2,1-3H3,(H,13,14);2-3H,1H3,(H,9,10). The summed E-state index contributed by atoms with van der Waals surface area (Å²) in [6.07, 6.45) is 0.673. The molecule has 2 aromatic rings. The second kappa shape index (κ2) is 10.2. The Bertz CT molecular complexity index is 775. The molecule has 0 aromatic carbocycles. The van der Waals surface area contributed by atoms with Gasteiger partial charge in [-0.2, -0.15) is 0 Å². The van der Waals surface area contributed by atoms with Gasteiger partial charge in [-0.05, 0) is 50.2 Å². The molecule has 2 rings (SSSR count). The third-order valence-electron chi connectivity index (χ3n) is 3.77. The van der Waals surface area contributed by atoms with Crippen molar-refractivity contribution in [1.82, 2.24) is 4.90 Å². The minimum absolute atomic E-state index is 0.213. The second-order valence-corrected chi connectivity index (χ2v) is 7.78. The summed E-state index contributed by atoms with van der Waals surface area (Å²) >= 11 is 2.39. The predicted octanol–water partition coefficient (Wildman–Crippen LogP) is 4.16. The molecule has 142 valence electrons. The number of thiophene rings is 2. The number of carbonyl (C=O) groups excluding carboxylic acids is 1. The first-order valence-corrected chi connectivity index (χ1v) is 9.70. The van der Waals surface area contributed by atoms with Crippen molar-refractivity contribution in [2.45, 2.75) is 34.2 Å². The van der Waals surface area contributed by atoms with E-state index in [0.29, 0.717) is 16.0 Å². The van der Waals surface area contributed by atoms with Gasteiger partial charge in [-0.15, -0.1) is 22.7 Å². The third kappa shape index (κ3) is 6.05. The van der Waals surface area contributed by atoms with Crippen LogP contribution in [0.25, 0.3) is 0 Å². The van der Waals surface area contributed by atoms with Crippen LogP contribution in [0.3, 0.4) is 0 Å². The lowest BCUT2D eigenvalue weighted by Crippen LogP contribution is -2.21. The van der Waals surface area contributed by atoms with Crippen LogP contribution in [-0.2, 0) is 6.54 Å². The van der Waals surface area contributed by atoms with Crippen molar-refractivity contribution in [3.8, 4) is 0 Å². The molecule has 0 saturated heterocycles. The van der Waals surface area contributed by atoms with Crippen LogP contribution in [0.4, 0.5) is 0 Å². The van der Waals surface area contributed by atoms with Gasteiger partial charge in [0, 0.05) is 11.4 Å². The summed E-state index contributed by atoms with van der Waals surface area (Å²) in [4.78, 5) is 36.0. The molecule has 8 heteroatoms. The van der Waals surface area contributed by atoms with Crippen LogP contribution in [0, 0.1) is 13.8 Å². The number of carboxylic acid groups (broad SMARTS) is 2. The van der Waals surface area contributed by atoms with Crippen molar-refractivity contribution >= 4 is 40.9 Å². The number of carbonyl (C=O) groups is 3. The topological polar surface area (TPSA) is 94.9 Å². The monoisotopic (exact) mass is 397 g/mol. The number of hydrogen-bond donors (Lipinski definition) is 2. The van der Waals surface area contributed by atoms with Crippen LogP contribution in [0.1, 0.15) is 58.9 Å². The van der Waals surface area contributed by atoms with Gasteiger partial charge in [-0.3, -0.25) is 9.69 Å². The highest BCUT2D eigenvalue weighted by Gasteiger charge is 2.12. The largest absolute Gasteiger partial charge is 0.477 e. The summed E-state index contributed by atoms with van der Waals surface area (Å²) in [6.45, 7) is 10.8. The minimum atomic E-state index is -0.980. The Balaban J connectivity index is 0.000000273. The zero-order valence-corrected chi connectivity index (χ0v) is 16.9. The molecule has 0 fully saturated rings. The van der Waals surface area contributed by atoms with Crippen LogP contribution in [0.5, 0.6) is 0 Å². The van der Waals surface area contributed by atoms with Crippen LogP contribution in [0.2, 0.25) is 0 Å². The number of aldehydes is 1. The van der Waals surface area contributed by atoms with Crippen LogP contribution >= 0.6 is 22.7 Å². The van der Waals surface area contributed by atoms with Crippen molar-refractivity contribution in [3.63, 3.8) is 0 Å². The lowest BCUT2D eigenvalue weighted by atomic mass is 10.2. The summed E-state index contributed by atoms with van der Waals surface area (Å²) in [5, 5.41) is 17.4. The Morgan fingerprint density at radius 3 is 1.85 bits per heavy atom. The van der Waals surface area contributed by atoms with E-state index >= 15 is 0 Å². The fourth-order valence-electron chi connectivity index (χ4n) is 2.15. The molecule has 0 aliphatic carbocycles. The molecule has 2 heterocycles. The van der Waals surface area contributed by atoms with E-state index in [1.807, 2.05) is 6.92 Å². The van der Waals surface area contributed by atoms with E-state index in [-0.39, 0.29) is 4.88 Å². The lowest BCUT2D eigenvalue weighted by molar-refractivity contribution is 0.0691. The first-order valence-electron chi connectivity index (χ1n) is 8.07. The Labute approximate surface area is 160 Å². The van der Waals surface area contributed by atoms with Crippen molar-refractivity contribution in [1.29, 1.82) is 0 Å². The van der Waals surface area contributed by atoms with E-state index in [4.69, 9.17) is 10.2 Å². The molecule has 2 aromatic heterocycles. The minimum Gasteiger partial charge on any atom is -0.477 e. The molecule has 0 spiro atoms. The molecule has 2 N–H and O–H groups in total. The van der Waals surface area contributed by atoms with E-state index < -0.39 is 11.9 Å². The van der Waals surface area contributed by atoms with E-state index in [9.17, 15) is 14.4 Å². The van der Waals surface area contributed by atoms with Crippen molar-refractivity contribution < 1.29 is 24.6 Å². The summed E-state index contributed by atoms with van der Waals surface area (Å²) in [6, 6.07) is 3.25. The van der Waals surface area contributed by atoms with Crippen molar-refractivity contribution in [3.05, 3.63) is 42.8 Å². The smallest absolute Gasteiger partial charge is 0.345 e. The molecule has 0 bridgehead atoms. The van der Waals surface area contributed by atoms with Gasteiger partial charge in [0.1, 0.15) is 9.75 Å². The summed E-state index contributed by atoms with van der Waals surface area (Å²) < 4.78 is 0. The lowest BCUT2D eigenvalue weighted by Gasteiger charge is -2.17. The quantitative estimate of drug-likeness (QED) is 0.681. The zero-order chi connectivity index (χ0) is 19.9. The zero-order valence-electron chi connectivity index (χ0n) is 15.2. The number of aryl methyl sites for hydroxylation is 2. The van der Waals surface area contributed by atoms with E-state index in [0.717, 1.165) is 47.0 Å². The van der Waals surface area contributed by atoms with Crippen LogP contribution in [0.15, 0.2) is 12.1 Å². The Kier molecular flexibility index (Phi) is 8.64. The first kappa shape index (κ1) is 22.0. The predicted molar refractivity (Wildman–Crippen MR) is 104 cm³/mol. The second-order valence-electron chi connectivity index (χ2n) is 5.56. The fraction of sp³-hybridized carbons (Fsp3) is 0.389. The Morgan fingerprint density at radius 1 is 1.00 bits per heavy atom. The molecular formula is C18H23NO5S2. The van der Waals surface area contributed by atoms with Gasteiger partial charge >= 0.3 is 11.9 Å². The normalized spacial score (nSPS) is 10.3. The molecule has 0 amide bonds. The summed E-state index contributed by atoms with van der Waals surface area (Å²) in [5.41, 5.74) is 1.81. The van der Waals surface area contributed by atoms with Crippen LogP contribution in [-0.4, -0.2) is 46.4 Å². The number of nitrogens with zero attached hydrogens (tertiary/aromatic N) is 1. The highest BCUT2D eigenvalue weighted by molar-refractivity contribution is 7.15. The molecule has 0 saturated carbocycles. The molecule has 0 atom stereocenters. The highest BCUT2D eigenvalue weighted by atomic mass is 32.1. The fourth-order valence-corrected chi connectivity index (χ4v) is 4.03. The van der Waals surface area contributed by atoms with Gasteiger partial charge in [0.05, 0.1) is 4.88 Å². The average Bonchev–Trinajstić information content (AvgIpc) is 3.16. The SMILES string of the molecule is CCN(CC)Cc1sc(C(=O)O)cc1C.Cc1cc(C(=O)O)sc1C=O. The maximum Gasteiger partial charge on any atom is 0.345 e. The number of aromatic carboxylic acids is 2. The molecule has 0 aliphatic rings. The maximum absolute atomic E-state index is 10.8. The molecule has 0 aliphatic heterocycles. The summed E-state index contributed by atoms with van der Waals surface area (Å²) in [7, 11) is 0. The highest BCUT2D eigenvalue weighted by Crippen LogP contribution is 2.23. The van der Waals surface area contributed by atoms with Gasteiger partial charge in [0.25, 0.3) is 0 Å². The van der Waals surface area contributed by atoms with E-state index in [1.165, 1.54) is 17.4 Å². The van der Waals surface area contributed by atoms with E-state index in [1.54, 1.807) is 13.0 Å². The van der Waals surface area contributed by atoms with E-state index in [2.05, 4.69) is 18.7 Å². The third-order valence-corrected chi connectivity index (χ3v) is 6.13. The van der Waals surface area contributed by atoms with Crippen molar-refractivity contribution in [2.75, 3.05) is 13.1 Å². The molecule has 26 heavy (non-hydrogen) atoms. The molecular weight excluding hydrogens is 374 g/mol. The van der Waals surface area contributed by atoms with Gasteiger partial charge in [0.2, 0.25) is 0 Å². The Morgan fingerprint density at radius 2 is 1.50 bits per heavy atom. The van der Waals surface area contributed by atoms with Gasteiger partial charge in [-0.25, -0.2) is 9.59 Å². The molecule has 6 nitrogen and oxygen atoms in total. The number of hydrogen-bond acceptors (Lipinski definition) is 6.